The number of carbonyl (C=O) groups excluding carboxylic acids is 2. The third-order valence-electron chi connectivity index (χ3n) is 5.94. The lowest BCUT2D eigenvalue weighted by atomic mass is 9.95. The van der Waals surface area contributed by atoms with Crippen molar-refractivity contribution in [1.29, 1.82) is 0 Å². The van der Waals surface area contributed by atoms with Crippen molar-refractivity contribution in [3.63, 3.8) is 0 Å². The molecule has 1 aromatic heterocycles. The Bertz CT molecular complexity index is 1540. The first-order valence-electron chi connectivity index (χ1n) is 10.7. The number of non-ortho nitro benzene ring substituents is 1. The molecule has 5 rings (SSSR count). The van der Waals surface area contributed by atoms with Gasteiger partial charge in [-0.2, -0.15) is 0 Å². The number of anilines is 1. The lowest BCUT2D eigenvalue weighted by molar-refractivity contribution is -0.384. The topological polar surface area (TPSA) is 114 Å². The molecule has 0 aliphatic carbocycles. The molecule has 1 atom stereocenters. The van der Waals surface area contributed by atoms with Crippen molar-refractivity contribution in [2.45, 2.75) is 19.9 Å². The number of thiazole rings is 1. The van der Waals surface area contributed by atoms with Crippen LogP contribution in [0.25, 0.3) is 16.0 Å². The average Bonchev–Trinajstić information content (AvgIpc) is 3.38. The van der Waals surface area contributed by atoms with Crippen LogP contribution in [0.15, 0.2) is 72.3 Å². The van der Waals surface area contributed by atoms with Crippen molar-refractivity contribution in [3.8, 4) is 0 Å². The molecule has 0 bridgehead atoms. The highest BCUT2D eigenvalue weighted by Crippen LogP contribution is 2.44. The number of hydrogen-bond acceptors (Lipinski definition) is 7. The van der Waals surface area contributed by atoms with Crippen molar-refractivity contribution in [3.05, 3.63) is 105 Å². The third kappa shape index (κ3) is 3.75. The van der Waals surface area contributed by atoms with Crippen molar-refractivity contribution >= 4 is 49.8 Å². The number of aryl methyl sites for hydroxylation is 2. The summed E-state index contributed by atoms with van der Waals surface area (Å²) in [6.07, 6.45) is 0. The summed E-state index contributed by atoms with van der Waals surface area (Å²) in [5.74, 6) is -1.98. The second-order valence-electron chi connectivity index (χ2n) is 8.31. The van der Waals surface area contributed by atoms with E-state index in [-0.39, 0.29) is 17.0 Å². The maximum Gasteiger partial charge on any atom is 0.301 e. The van der Waals surface area contributed by atoms with Gasteiger partial charge >= 0.3 is 5.91 Å². The Labute approximate surface area is 203 Å². The number of aromatic nitrogens is 1. The Morgan fingerprint density at radius 1 is 1.06 bits per heavy atom. The largest absolute Gasteiger partial charge is 0.507 e. The van der Waals surface area contributed by atoms with Gasteiger partial charge in [0.25, 0.3) is 11.5 Å². The summed E-state index contributed by atoms with van der Waals surface area (Å²) < 4.78 is 0.866. The lowest BCUT2D eigenvalue weighted by Crippen LogP contribution is -2.29. The standard InChI is InChI=1S/C26H19N3O5S/c1-14-12-15(2)21-19(13-14)35-26(27-21)28-22(16-8-10-18(11-9-16)29(33)34)20(24(31)25(28)32)23(30)17-6-4-3-5-7-17/h3-13,22,30H,1-2H3/t22-/m0/s1. The van der Waals surface area contributed by atoms with Gasteiger partial charge in [0, 0.05) is 17.7 Å². The molecule has 1 N–H and O–H groups in total. The van der Waals surface area contributed by atoms with Crippen LogP contribution in [0.3, 0.4) is 0 Å². The molecule has 3 aromatic carbocycles. The van der Waals surface area contributed by atoms with Gasteiger partial charge in [0.1, 0.15) is 5.76 Å². The van der Waals surface area contributed by atoms with E-state index in [1.165, 1.54) is 40.5 Å². The van der Waals surface area contributed by atoms with Crippen molar-refractivity contribution < 1.29 is 19.6 Å². The van der Waals surface area contributed by atoms with Gasteiger partial charge < -0.3 is 5.11 Å². The van der Waals surface area contributed by atoms with Crippen LogP contribution in [0.4, 0.5) is 10.8 Å². The summed E-state index contributed by atoms with van der Waals surface area (Å²) >= 11 is 1.27. The second-order valence-corrected chi connectivity index (χ2v) is 9.32. The Hall–Kier alpha value is -4.37. The number of hydrogen-bond donors (Lipinski definition) is 1. The molecule has 174 valence electrons. The number of benzene rings is 3. The number of carbonyl (C=O) groups is 2. The van der Waals surface area contributed by atoms with E-state index in [4.69, 9.17) is 0 Å². The molecule has 9 heteroatoms. The molecule has 1 aliphatic heterocycles. The number of nitrogens with zero attached hydrogens (tertiary/aromatic N) is 3. The van der Waals surface area contributed by atoms with E-state index in [2.05, 4.69) is 4.98 Å². The monoisotopic (exact) mass is 485 g/mol. The summed E-state index contributed by atoms with van der Waals surface area (Å²) in [4.78, 5) is 43.2. The van der Waals surface area contributed by atoms with E-state index in [0.717, 1.165) is 21.3 Å². The zero-order valence-corrected chi connectivity index (χ0v) is 19.6. The van der Waals surface area contributed by atoms with Crippen molar-refractivity contribution in [2.24, 2.45) is 0 Å². The fourth-order valence-corrected chi connectivity index (χ4v) is 5.51. The minimum atomic E-state index is -1.00. The Kier molecular flexibility index (Phi) is 5.41. The van der Waals surface area contributed by atoms with E-state index < -0.39 is 22.7 Å². The fourth-order valence-electron chi connectivity index (χ4n) is 4.34. The number of amides is 1. The fraction of sp³-hybridized carbons (Fsp3) is 0.115. The highest BCUT2D eigenvalue weighted by atomic mass is 32.1. The van der Waals surface area contributed by atoms with Gasteiger partial charge in [0.2, 0.25) is 0 Å². The summed E-state index contributed by atoms with van der Waals surface area (Å²) in [6, 6.07) is 17.0. The lowest BCUT2D eigenvalue weighted by Gasteiger charge is -2.22. The van der Waals surface area contributed by atoms with Gasteiger partial charge in [0.15, 0.2) is 5.13 Å². The van der Waals surface area contributed by atoms with E-state index in [9.17, 15) is 24.8 Å². The number of Topliss-reactive ketones (excluding diaryl/α,β-unsaturated/α-hetero) is 1. The number of rotatable bonds is 4. The molecule has 0 radical (unpaired) electrons. The molecular formula is C26H19N3O5S. The molecule has 0 saturated carbocycles. The number of aliphatic hydroxyl groups is 1. The normalized spacial score (nSPS) is 17.3. The van der Waals surface area contributed by atoms with Crippen LogP contribution in [0, 0.1) is 24.0 Å². The number of fused-ring (bicyclic) bond motifs is 1. The molecule has 8 nitrogen and oxygen atoms in total. The predicted molar refractivity (Wildman–Crippen MR) is 133 cm³/mol. The van der Waals surface area contributed by atoms with Gasteiger partial charge in [-0.1, -0.05) is 47.7 Å². The number of aliphatic hydroxyl groups excluding tert-OH is 1. The van der Waals surface area contributed by atoms with Crippen LogP contribution in [-0.4, -0.2) is 26.7 Å². The summed E-state index contributed by atoms with van der Waals surface area (Å²) in [6.45, 7) is 3.89. The van der Waals surface area contributed by atoms with Crippen LogP contribution in [0.2, 0.25) is 0 Å². The molecule has 0 unspecified atom stereocenters. The van der Waals surface area contributed by atoms with Gasteiger partial charge in [-0.25, -0.2) is 4.98 Å². The average molecular weight is 486 g/mol. The first kappa shape index (κ1) is 22.4. The van der Waals surface area contributed by atoms with Crippen LogP contribution in [0.1, 0.15) is 28.3 Å². The van der Waals surface area contributed by atoms with E-state index >= 15 is 0 Å². The molecule has 1 amide bonds. The first-order valence-corrected chi connectivity index (χ1v) is 11.6. The molecule has 35 heavy (non-hydrogen) atoms. The molecule has 1 aliphatic rings. The van der Waals surface area contributed by atoms with Crippen molar-refractivity contribution in [2.75, 3.05) is 4.90 Å². The molecular weight excluding hydrogens is 466 g/mol. The van der Waals surface area contributed by atoms with Gasteiger partial charge in [-0.15, -0.1) is 0 Å². The number of ketones is 1. The second kappa shape index (κ2) is 8.44. The first-order chi connectivity index (χ1) is 16.8. The van der Waals surface area contributed by atoms with E-state index in [1.807, 2.05) is 26.0 Å². The summed E-state index contributed by atoms with van der Waals surface area (Å²) in [7, 11) is 0. The summed E-state index contributed by atoms with van der Waals surface area (Å²) in [5.41, 5.74) is 3.32. The van der Waals surface area contributed by atoms with Crippen LogP contribution in [0.5, 0.6) is 0 Å². The molecule has 1 fully saturated rings. The van der Waals surface area contributed by atoms with Gasteiger partial charge in [0.05, 0.1) is 26.8 Å². The zero-order valence-electron chi connectivity index (χ0n) is 18.8. The quantitative estimate of drug-likeness (QED) is 0.135. The SMILES string of the molecule is Cc1cc(C)c2nc(N3C(=O)C(=O)C(=C(O)c4ccccc4)[C@@H]3c3ccc([N+](=O)[O-])cc3)sc2c1. The number of nitro benzene ring substituents is 1. The van der Waals surface area contributed by atoms with Crippen LogP contribution in [-0.2, 0) is 9.59 Å². The Morgan fingerprint density at radius 2 is 1.74 bits per heavy atom. The molecule has 1 saturated heterocycles. The maximum absolute atomic E-state index is 13.3. The minimum Gasteiger partial charge on any atom is -0.507 e. The third-order valence-corrected chi connectivity index (χ3v) is 6.94. The highest BCUT2D eigenvalue weighted by Gasteiger charge is 2.48. The van der Waals surface area contributed by atoms with Gasteiger partial charge in [-0.05, 0) is 48.7 Å². The minimum absolute atomic E-state index is 0.0952. The predicted octanol–water partition coefficient (Wildman–Crippen LogP) is 5.45. The van der Waals surface area contributed by atoms with E-state index in [1.54, 1.807) is 30.3 Å². The molecule has 2 heterocycles. The molecule has 0 spiro atoms. The van der Waals surface area contributed by atoms with Gasteiger partial charge in [-0.3, -0.25) is 24.6 Å². The van der Waals surface area contributed by atoms with E-state index in [0.29, 0.717) is 16.3 Å². The highest BCUT2D eigenvalue weighted by molar-refractivity contribution is 7.22. The maximum atomic E-state index is 13.3. The van der Waals surface area contributed by atoms with Crippen LogP contribution < -0.4 is 4.90 Å². The van der Waals surface area contributed by atoms with Crippen molar-refractivity contribution in [1.82, 2.24) is 4.98 Å². The Balaban J connectivity index is 1.74. The Morgan fingerprint density at radius 3 is 2.40 bits per heavy atom. The smallest absolute Gasteiger partial charge is 0.301 e. The summed E-state index contributed by atoms with van der Waals surface area (Å²) in [5, 5.41) is 22.6. The molecule has 4 aromatic rings. The number of nitro groups is 1. The van der Waals surface area contributed by atoms with Crippen LogP contribution >= 0.6 is 11.3 Å². The zero-order chi connectivity index (χ0) is 24.9.